The number of alkyl halides is 3. The molecule has 34 heavy (non-hydrogen) atoms. The summed E-state index contributed by atoms with van der Waals surface area (Å²) in [6.07, 6.45) is -2.39. The second kappa shape index (κ2) is 8.88. The molecule has 0 aliphatic rings. The van der Waals surface area contributed by atoms with E-state index in [1.165, 1.54) is 27.0 Å². The van der Waals surface area contributed by atoms with Gasteiger partial charge in [-0.05, 0) is 55.3 Å². The van der Waals surface area contributed by atoms with Gasteiger partial charge in [-0.3, -0.25) is 4.79 Å². The summed E-state index contributed by atoms with van der Waals surface area (Å²) in [6, 6.07) is 4.71. The Morgan fingerprint density at radius 1 is 1.09 bits per heavy atom. The lowest BCUT2D eigenvalue weighted by atomic mass is 10.0. The molecule has 0 bridgehead atoms. The van der Waals surface area contributed by atoms with Gasteiger partial charge in [0.1, 0.15) is 5.56 Å². The Kier molecular flexibility index (Phi) is 6.64. The Hall–Kier alpha value is -3.18. The zero-order valence-electron chi connectivity index (χ0n) is 18.3. The maximum atomic E-state index is 13.2. The number of sulfone groups is 1. The summed E-state index contributed by atoms with van der Waals surface area (Å²) >= 11 is 6.32. The van der Waals surface area contributed by atoms with E-state index < -0.39 is 33.3 Å². The Balaban J connectivity index is 1.98. The molecule has 0 amide bonds. The van der Waals surface area contributed by atoms with Gasteiger partial charge in [-0.2, -0.15) is 18.3 Å². The minimum atomic E-state index is -4.56. The molecule has 0 unspecified atom stereocenters. The van der Waals surface area contributed by atoms with Crippen LogP contribution in [0.5, 0.6) is 5.88 Å². The van der Waals surface area contributed by atoms with E-state index in [0.717, 1.165) is 41.4 Å². The lowest BCUT2D eigenvalue weighted by Crippen LogP contribution is -2.15. The number of ether oxygens (including phenoxy) is 1. The Morgan fingerprint density at radius 3 is 2.21 bits per heavy atom. The third-order valence-electron chi connectivity index (χ3n) is 5.01. The van der Waals surface area contributed by atoms with E-state index in [1.807, 2.05) is 0 Å². The number of halogens is 4. The van der Waals surface area contributed by atoms with Gasteiger partial charge >= 0.3 is 12.1 Å². The average molecular weight is 515 g/mol. The van der Waals surface area contributed by atoms with E-state index in [1.54, 1.807) is 0 Å². The van der Waals surface area contributed by atoms with Crippen LogP contribution in [0.3, 0.4) is 0 Å². The first kappa shape index (κ1) is 25.4. The molecule has 0 spiro atoms. The first-order chi connectivity index (χ1) is 15.6. The minimum absolute atomic E-state index is 0.00851. The zero-order chi connectivity index (χ0) is 25.6. The number of ketones is 1. The number of aryl methyl sites for hydroxylation is 2. The lowest BCUT2D eigenvalue weighted by Gasteiger charge is -2.14. The van der Waals surface area contributed by atoms with Gasteiger partial charge in [0.05, 0.1) is 27.2 Å². The van der Waals surface area contributed by atoms with E-state index in [4.69, 9.17) is 16.3 Å². The molecule has 0 aliphatic heterocycles. The van der Waals surface area contributed by atoms with Crippen LogP contribution in [-0.2, 0) is 23.1 Å². The van der Waals surface area contributed by atoms with E-state index in [-0.39, 0.29) is 38.1 Å². The molecule has 0 saturated carbocycles. The van der Waals surface area contributed by atoms with Crippen molar-refractivity contribution in [3.63, 3.8) is 0 Å². The highest BCUT2D eigenvalue weighted by Crippen LogP contribution is 2.33. The van der Waals surface area contributed by atoms with Crippen molar-refractivity contribution in [3.05, 3.63) is 74.9 Å². The predicted molar refractivity (Wildman–Crippen MR) is 117 cm³/mol. The number of carbonyl (C=O) groups excluding carboxylic acids is 2. The van der Waals surface area contributed by atoms with Gasteiger partial charge in [-0.25, -0.2) is 17.9 Å². The second-order valence-corrected chi connectivity index (χ2v) is 9.89. The largest absolute Gasteiger partial charge is 0.416 e. The molecule has 1 aromatic heterocycles. The van der Waals surface area contributed by atoms with Gasteiger partial charge < -0.3 is 4.74 Å². The highest BCUT2D eigenvalue weighted by molar-refractivity contribution is 7.90. The molecule has 180 valence electrons. The predicted octanol–water partition coefficient (Wildman–Crippen LogP) is 4.56. The summed E-state index contributed by atoms with van der Waals surface area (Å²) in [4.78, 5) is 25.8. The quantitative estimate of drug-likeness (QED) is 0.366. The third kappa shape index (κ3) is 4.85. The summed E-state index contributed by atoms with van der Waals surface area (Å²) in [5.41, 5.74) is -0.771. The topological polar surface area (TPSA) is 95.3 Å². The lowest BCUT2D eigenvalue weighted by molar-refractivity contribution is -0.137. The van der Waals surface area contributed by atoms with Gasteiger partial charge in [0.15, 0.2) is 9.84 Å². The number of carbonyl (C=O) groups is 2. The molecule has 3 rings (SSSR count). The summed E-state index contributed by atoms with van der Waals surface area (Å²) in [6.45, 7) is 2.99. The number of hydrogen-bond acceptors (Lipinski definition) is 6. The molecule has 0 N–H and O–H groups in total. The fourth-order valence-electron chi connectivity index (χ4n) is 3.47. The Bertz CT molecular complexity index is 1410. The number of esters is 1. The second-order valence-electron chi connectivity index (χ2n) is 7.56. The van der Waals surface area contributed by atoms with Crippen LogP contribution in [-0.4, -0.2) is 36.2 Å². The van der Waals surface area contributed by atoms with Crippen molar-refractivity contribution in [2.45, 2.75) is 24.9 Å². The van der Waals surface area contributed by atoms with Gasteiger partial charge in [0, 0.05) is 18.9 Å². The summed E-state index contributed by atoms with van der Waals surface area (Å²) in [5, 5.41) is 3.84. The van der Waals surface area contributed by atoms with Crippen LogP contribution in [0.25, 0.3) is 0 Å². The van der Waals surface area contributed by atoms with Crippen molar-refractivity contribution in [1.29, 1.82) is 0 Å². The van der Waals surface area contributed by atoms with Crippen LogP contribution in [0.15, 0.2) is 41.4 Å². The van der Waals surface area contributed by atoms with Gasteiger partial charge in [-0.1, -0.05) is 11.6 Å². The number of benzene rings is 2. The van der Waals surface area contributed by atoms with E-state index in [0.29, 0.717) is 5.56 Å². The molecule has 0 radical (unpaired) electrons. The normalized spacial score (nSPS) is 12.0. The molecule has 0 atom stereocenters. The average Bonchev–Trinajstić information content (AvgIpc) is 3.09. The molecular weight excluding hydrogens is 497 g/mol. The van der Waals surface area contributed by atoms with Crippen molar-refractivity contribution in [1.82, 2.24) is 9.78 Å². The first-order valence-corrected chi connectivity index (χ1v) is 11.9. The van der Waals surface area contributed by atoms with E-state index in [9.17, 15) is 31.2 Å². The van der Waals surface area contributed by atoms with Crippen LogP contribution < -0.4 is 4.74 Å². The zero-order valence-corrected chi connectivity index (χ0v) is 19.9. The van der Waals surface area contributed by atoms with Crippen LogP contribution in [0, 0.1) is 13.8 Å². The summed E-state index contributed by atoms with van der Waals surface area (Å²) < 4.78 is 68.8. The maximum absolute atomic E-state index is 13.2. The Labute approximate surface area is 198 Å². The van der Waals surface area contributed by atoms with E-state index >= 15 is 0 Å². The van der Waals surface area contributed by atoms with Crippen molar-refractivity contribution in [2.24, 2.45) is 7.05 Å². The van der Waals surface area contributed by atoms with Gasteiger partial charge in [0.25, 0.3) is 0 Å². The Morgan fingerprint density at radius 2 is 1.68 bits per heavy atom. The highest BCUT2D eigenvalue weighted by atomic mass is 35.5. The fourth-order valence-corrected chi connectivity index (χ4v) is 5.06. The standard InChI is InChI=1S/C22H18ClF3N2O5S/c1-11-9-15(17(23)12(2)19(11)34(4,31)32)18(29)16-10-27-28(3)20(16)33-21(30)13-5-7-14(8-6-13)22(24,25)26/h5-10H,1-4H3. The van der Waals surface area contributed by atoms with Gasteiger partial charge in [-0.15, -0.1) is 0 Å². The van der Waals surface area contributed by atoms with E-state index in [2.05, 4.69) is 5.10 Å². The van der Waals surface area contributed by atoms with Gasteiger partial charge in [0.2, 0.25) is 11.7 Å². The summed E-state index contributed by atoms with van der Waals surface area (Å²) in [7, 11) is -2.21. The molecular formula is C22H18ClF3N2O5S. The molecule has 0 aliphatic carbocycles. The highest BCUT2D eigenvalue weighted by Gasteiger charge is 2.31. The van der Waals surface area contributed by atoms with Crippen LogP contribution >= 0.6 is 11.6 Å². The fraction of sp³-hybridized carbons (Fsp3) is 0.227. The van der Waals surface area contributed by atoms with Crippen molar-refractivity contribution in [3.8, 4) is 5.88 Å². The molecule has 3 aromatic rings. The number of rotatable bonds is 5. The molecule has 2 aromatic carbocycles. The smallest absolute Gasteiger partial charge is 0.403 e. The molecule has 12 heteroatoms. The molecule has 0 fully saturated rings. The van der Waals surface area contributed by atoms with Crippen molar-refractivity contribution < 1.29 is 35.9 Å². The van der Waals surface area contributed by atoms with Crippen LogP contribution in [0.1, 0.15) is 43.0 Å². The number of aromatic nitrogens is 2. The van der Waals surface area contributed by atoms with Crippen LogP contribution in [0.4, 0.5) is 13.2 Å². The monoisotopic (exact) mass is 514 g/mol. The third-order valence-corrected chi connectivity index (χ3v) is 6.86. The first-order valence-electron chi connectivity index (χ1n) is 9.58. The van der Waals surface area contributed by atoms with Crippen molar-refractivity contribution >= 4 is 33.2 Å². The number of nitrogens with zero attached hydrogens (tertiary/aromatic N) is 2. The minimum Gasteiger partial charge on any atom is -0.403 e. The maximum Gasteiger partial charge on any atom is 0.416 e. The number of hydrogen-bond donors (Lipinski definition) is 0. The molecule has 7 nitrogen and oxygen atoms in total. The van der Waals surface area contributed by atoms with Crippen LogP contribution in [0.2, 0.25) is 5.02 Å². The SMILES string of the molecule is Cc1cc(C(=O)c2cnn(C)c2OC(=O)c2ccc(C(F)(F)F)cc2)c(Cl)c(C)c1S(C)(=O)=O. The summed E-state index contributed by atoms with van der Waals surface area (Å²) in [5.74, 6) is -1.94. The molecule has 0 saturated heterocycles. The molecule has 1 heterocycles. The van der Waals surface area contributed by atoms with Crippen molar-refractivity contribution in [2.75, 3.05) is 6.26 Å².